The van der Waals surface area contributed by atoms with Crippen LogP contribution in [0.5, 0.6) is 5.75 Å². The molecule has 0 aliphatic carbocycles. The lowest BCUT2D eigenvalue weighted by Gasteiger charge is -2.28. The molecule has 0 aliphatic heterocycles. The van der Waals surface area contributed by atoms with Crippen molar-refractivity contribution in [2.24, 2.45) is 0 Å². The second kappa shape index (κ2) is 8.57. The molecule has 0 saturated carbocycles. The van der Waals surface area contributed by atoms with Gasteiger partial charge < -0.3 is 15.6 Å². The monoisotopic (exact) mass is 459 g/mol. The van der Waals surface area contributed by atoms with E-state index in [-0.39, 0.29) is 21.8 Å². The third-order valence-electron chi connectivity index (χ3n) is 3.73. The maximum absolute atomic E-state index is 12.7. The summed E-state index contributed by atoms with van der Waals surface area (Å²) in [5, 5.41) is 11.4. The van der Waals surface area contributed by atoms with Crippen LogP contribution < -0.4 is 15.6 Å². The number of benzene rings is 2. The highest BCUT2D eigenvalue weighted by Crippen LogP contribution is 2.41. The van der Waals surface area contributed by atoms with Crippen LogP contribution in [-0.2, 0) is 14.6 Å². The van der Waals surface area contributed by atoms with Crippen molar-refractivity contribution in [3.05, 3.63) is 64.7 Å². The van der Waals surface area contributed by atoms with Gasteiger partial charge in [0.05, 0.1) is 11.2 Å². The Kier molecular flexibility index (Phi) is 6.78. The Balaban J connectivity index is 0.00000300. The summed E-state index contributed by atoms with van der Waals surface area (Å²) in [5.41, 5.74) is -0.225. The van der Waals surface area contributed by atoms with Gasteiger partial charge in [0.2, 0.25) is 0 Å². The van der Waals surface area contributed by atoms with E-state index < -0.39 is 28.8 Å². The number of nitro groups is 1. The van der Waals surface area contributed by atoms with E-state index in [1.54, 1.807) is 24.3 Å². The molecular formula is C16H18N3O7PS2. The van der Waals surface area contributed by atoms with Gasteiger partial charge in [0, 0.05) is 23.9 Å². The minimum Gasteiger partial charge on any atom is -0.768 e. The molecule has 29 heavy (non-hydrogen) atoms. The molecule has 0 aliphatic rings. The maximum atomic E-state index is 12.7. The molecule has 156 valence electrons. The number of nitro benzene ring substituents is 1. The summed E-state index contributed by atoms with van der Waals surface area (Å²) in [6.07, 6.45) is -0.888. The number of sulfonamides is 1. The average Bonchev–Trinajstić information content (AvgIpc) is 3.06. The lowest BCUT2D eigenvalue weighted by Crippen LogP contribution is -2.31. The second-order valence-corrected chi connectivity index (χ2v) is 10.8. The van der Waals surface area contributed by atoms with Gasteiger partial charge in [0.15, 0.2) is 7.60 Å². The predicted molar refractivity (Wildman–Crippen MR) is 109 cm³/mol. The van der Waals surface area contributed by atoms with E-state index in [4.69, 9.17) is 4.52 Å². The molecule has 3 aromatic rings. The Hall–Kier alpha value is -2.34. The number of quaternary nitrogens is 1. The molecule has 0 amide bonds. The smallest absolute Gasteiger partial charge is 0.269 e. The van der Waals surface area contributed by atoms with Gasteiger partial charge in [0.25, 0.3) is 15.7 Å². The third-order valence-corrected chi connectivity index (χ3v) is 8.55. The number of hydrogen-bond acceptors (Lipinski definition) is 8. The van der Waals surface area contributed by atoms with Gasteiger partial charge in [-0.05, 0) is 29.7 Å². The largest absolute Gasteiger partial charge is 0.768 e. The zero-order valence-corrected chi connectivity index (χ0v) is 17.9. The van der Waals surface area contributed by atoms with Gasteiger partial charge in [0.1, 0.15) is 9.96 Å². The summed E-state index contributed by atoms with van der Waals surface area (Å²) in [6, 6.07) is 13.0. The van der Waals surface area contributed by atoms with Crippen molar-refractivity contribution in [1.29, 1.82) is 0 Å². The van der Waals surface area contributed by atoms with Crippen molar-refractivity contribution in [2.75, 3.05) is 13.3 Å². The van der Waals surface area contributed by atoms with Crippen molar-refractivity contribution in [3.63, 3.8) is 0 Å². The van der Waals surface area contributed by atoms with E-state index in [1.165, 1.54) is 6.07 Å². The average molecular weight is 459 g/mol. The number of non-ortho nitro benzene ring substituents is 1. The van der Waals surface area contributed by atoms with Crippen molar-refractivity contribution in [1.82, 2.24) is 10.5 Å². The van der Waals surface area contributed by atoms with E-state index in [0.717, 1.165) is 52.7 Å². The van der Waals surface area contributed by atoms with Gasteiger partial charge in [-0.1, -0.05) is 18.2 Å². The van der Waals surface area contributed by atoms with E-state index in [9.17, 15) is 28.0 Å². The van der Waals surface area contributed by atoms with E-state index in [0.29, 0.717) is 4.31 Å². The van der Waals surface area contributed by atoms with Crippen LogP contribution in [0, 0.1) is 10.1 Å². The molecular weight excluding hydrogens is 441 g/mol. The Bertz CT molecular complexity index is 1150. The van der Waals surface area contributed by atoms with E-state index in [2.05, 4.69) is 0 Å². The summed E-state index contributed by atoms with van der Waals surface area (Å²) in [4.78, 5) is 22.2. The van der Waals surface area contributed by atoms with Crippen molar-refractivity contribution in [3.8, 4) is 5.75 Å². The maximum Gasteiger partial charge on any atom is 0.269 e. The fourth-order valence-electron chi connectivity index (χ4n) is 2.38. The minimum absolute atomic E-state index is 0. The molecule has 13 heteroatoms. The molecule has 3 rings (SSSR count). The minimum atomic E-state index is -4.63. The Labute approximate surface area is 170 Å². The van der Waals surface area contributed by atoms with Crippen LogP contribution in [-0.4, -0.2) is 31.0 Å². The van der Waals surface area contributed by atoms with Gasteiger partial charge in [-0.25, -0.2) is 8.42 Å². The second-order valence-electron chi connectivity index (χ2n) is 5.80. The SMILES string of the molecule is CN(CP(=O)([O-])Oc1ccc([N+](=O)[O-])cc1)S(=O)(=O)c1cc2ccccc2s1.[NH4+]. The van der Waals surface area contributed by atoms with Crippen LogP contribution in [0.25, 0.3) is 10.1 Å². The summed E-state index contributed by atoms with van der Waals surface area (Å²) < 4.78 is 44.0. The van der Waals surface area contributed by atoms with E-state index in [1.807, 2.05) is 0 Å². The van der Waals surface area contributed by atoms with Crippen LogP contribution in [0.4, 0.5) is 5.69 Å². The first-order chi connectivity index (χ1) is 13.1. The first-order valence-corrected chi connectivity index (χ1v) is 11.8. The molecule has 2 aromatic carbocycles. The van der Waals surface area contributed by atoms with Crippen LogP contribution in [0.2, 0.25) is 0 Å². The molecule has 0 spiro atoms. The Morgan fingerprint density at radius 3 is 2.38 bits per heavy atom. The Morgan fingerprint density at radius 1 is 1.17 bits per heavy atom. The third kappa shape index (κ3) is 5.18. The Morgan fingerprint density at radius 2 is 1.79 bits per heavy atom. The fourth-order valence-corrected chi connectivity index (χ4v) is 6.85. The number of hydrogen-bond donors (Lipinski definition) is 1. The summed E-state index contributed by atoms with van der Waals surface area (Å²) in [7, 11) is -7.52. The highest BCUT2D eigenvalue weighted by atomic mass is 32.2. The zero-order valence-electron chi connectivity index (χ0n) is 15.4. The molecule has 1 heterocycles. The summed E-state index contributed by atoms with van der Waals surface area (Å²) in [5.74, 6) is -0.142. The number of nitrogens with zero attached hydrogens (tertiary/aromatic N) is 2. The lowest BCUT2D eigenvalue weighted by atomic mass is 10.3. The first-order valence-electron chi connectivity index (χ1n) is 7.77. The highest BCUT2D eigenvalue weighted by Gasteiger charge is 2.27. The normalized spacial score (nSPS) is 13.6. The standard InChI is InChI=1S/C16H15N2O7PS2.H3N/c1-17(28(23,24)16-10-12-4-2-3-5-15(12)27-16)11-26(21,22)25-14-8-6-13(7-9-14)18(19)20;/h2-10H,11H2,1H3,(H,21,22);1H3. The van der Waals surface area contributed by atoms with E-state index >= 15 is 0 Å². The highest BCUT2D eigenvalue weighted by molar-refractivity contribution is 7.91. The van der Waals surface area contributed by atoms with Crippen LogP contribution in [0.3, 0.4) is 0 Å². The van der Waals surface area contributed by atoms with Crippen molar-refractivity contribution >= 4 is 44.7 Å². The van der Waals surface area contributed by atoms with Gasteiger partial charge in [-0.3, -0.25) is 14.7 Å². The lowest BCUT2D eigenvalue weighted by molar-refractivity contribution is -0.384. The van der Waals surface area contributed by atoms with Crippen LogP contribution >= 0.6 is 18.9 Å². The quantitative estimate of drug-likeness (QED) is 0.321. The molecule has 1 atom stereocenters. The van der Waals surface area contributed by atoms with Crippen LogP contribution in [0.15, 0.2) is 58.8 Å². The van der Waals surface area contributed by atoms with Gasteiger partial charge >= 0.3 is 0 Å². The number of thiophene rings is 1. The molecule has 0 fully saturated rings. The molecule has 0 radical (unpaired) electrons. The molecule has 1 unspecified atom stereocenters. The predicted octanol–water partition coefficient (Wildman–Crippen LogP) is 3.40. The fraction of sp³-hybridized carbons (Fsp3) is 0.125. The zero-order chi connectivity index (χ0) is 20.5. The van der Waals surface area contributed by atoms with Gasteiger partial charge in [-0.2, -0.15) is 4.31 Å². The number of fused-ring (bicyclic) bond motifs is 1. The first kappa shape index (κ1) is 22.9. The summed E-state index contributed by atoms with van der Waals surface area (Å²) in [6.45, 7) is 0. The van der Waals surface area contributed by atoms with Gasteiger partial charge in [-0.15, -0.1) is 11.3 Å². The van der Waals surface area contributed by atoms with Crippen molar-refractivity contribution in [2.45, 2.75) is 4.21 Å². The molecule has 0 bridgehead atoms. The molecule has 1 aromatic heterocycles. The van der Waals surface area contributed by atoms with Crippen molar-refractivity contribution < 1.29 is 27.3 Å². The van der Waals surface area contributed by atoms with Crippen LogP contribution in [0.1, 0.15) is 0 Å². The summed E-state index contributed by atoms with van der Waals surface area (Å²) >= 11 is 1.04. The molecule has 0 saturated heterocycles. The topological polar surface area (TPSA) is 166 Å². The molecule has 10 nitrogen and oxygen atoms in total. The molecule has 4 N–H and O–H groups in total. The number of rotatable bonds is 7.